The van der Waals surface area contributed by atoms with E-state index in [2.05, 4.69) is 4.90 Å². The highest BCUT2D eigenvalue weighted by atomic mass is 16.1. The summed E-state index contributed by atoms with van der Waals surface area (Å²) in [5.41, 5.74) is 2.49. The first-order valence-electron chi connectivity index (χ1n) is 9.17. The van der Waals surface area contributed by atoms with Crippen LogP contribution in [0.3, 0.4) is 0 Å². The third kappa shape index (κ3) is 2.73. The van der Waals surface area contributed by atoms with Crippen LogP contribution in [0.25, 0.3) is 0 Å². The lowest BCUT2D eigenvalue weighted by Crippen LogP contribution is -2.42. The van der Waals surface area contributed by atoms with Crippen LogP contribution < -0.4 is 5.56 Å². The molecule has 22 heavy (non-hydrogen) atoms. The zero-order valence-corrected chi connectivity index (χ0v) is 13.5. The lowest BCUT2D eigenvalue weighted by atomic mass is 9.97. The molecule has 0 spiro atoms. The molecule has 0 bridgehead atoms. The Labute approximate surface area is 132 Å². The maximum atomic E-state index is 12.4. The minimum Gasteiger partial charge on any atom is -0.296 e. The van der Waals surface area contributed by atoms with Gasteiger partial charge in [0.05, 0.1) is 12.2 Å². The Hall–Kier alpha value is -1.16. The van der Waals surface area contributed by atoms with Crippen molar-refractivity contribution in [3.05, 3.63) is 27.7 Å². The number of aryl methyl sites for hydroxylation is 2. The molecule has 1 unspecified atom stereocenters. The molecule has 120 valence electrons. The van der Waals surface area contributed by atoms with E-state index in [1.54, 1.807) is 4.68 Å². The number of rotatable bonds is 3. The van der Waals surface area contributed by atoms with Gasteiger partial charge in [-0.15, -0.1) is 0 Å². The van der Waals surface area contributed by atoms with Crippen molar-refractivity contribution in [3.63, 3.8) is 0 Å². The van der Waals surface area contributed by atoms with Crippen molar-refractivity contribution in [2.24, 2.45) is 0 Å². The van der Waals surface area contributed by atoms with E-state index in [0.29, 0.717) is 6.04 Å². The summed E-state index contributed by atoms with van der Waals surface area (Å²) in [6.45, 7) is 2.01. The fourth-order valence-electron chi connectivity index (χ4n) is 4.70. The van der Waals surface area contributed by atoms with Crippen LogP contribution in [0.2, 0.25) is 0 Å². The fraction of sp³-hybridized carbons (Fsp3) is 0.778. The Morgan fingerprint density at radius 2 is 1.86 bits per heavy atom. The lowest BCUT2D eigenvalue weighted by molar-refractivity contribution is 0.162. The van der Waals surface area contributed by atoms with Gasteiger partial charge in [0.25, 0.3) is 5.56 Å². The van der Waals surface area contributed by atoms with Crippen LogP contribution in [-0.4, -0.2) is 33.3 Å². The van der Waals surface area contributed by atoms with Crippen LogP contribution in [0.4, 0.5) is 0 Å². The highest BCUT2D eigenvalue weighted by Crippen LogP contribution is 2.30. The van der Waals surface area contributed by atoms with Gasteiger partial charge < -0.3 is 0 Å². The van der Waals surface area contributed by atoms with E-state index < -0.39 is 0 Å². The zero-order chi connectivity index (χ0) is 14.9. The van der Waals surface area contributed by atoms with E-state index in [4.69, 9.17) is 5.10 Å². The number of likely N-dealkylation sites (tertiary alicyclic amines) is 1. The van der Waals surface area contributed by atoms with E-state index in [1.807, 2.05) is 6.07 Å². The van der Waals surface area contributed by atoms with Crippen LogP contribution in [0.15, 0.2) is 10.9 Å². The minimum atomic E-state index is 0.110. The van der Waals surface area contributed by atoms with Crippen molar-refractivity contribution in [3.8, 4) is 0 Å². The summed E-state index contributed by atoms with van der Waals surface area (Å²) in [6.07, 6.45) is 12.5. The molecular formula is C18H27N3O. The van der Waals surface area contributed by atoms with Gasteiger partial charge in [0, 0.05) is 18.2 Å². The topological polar surface area (TPSA) is 38.1 Å². The molecule has 4 rings (SSSR count). The molecule has 2 aliphatic carbocycles. The Kier molecular flexibility index (Phi) is 4.03. The van der Waals surface area contributed by atoms with Crippen molar-refractivity contribution >= 4 is 0 Å². The summed E-state index contributed by atoms with van der Waals surface area (Å²) in [5.74, 6) is 0. The summed E-state index contributed by atoms with van der Waals surface area (Å²) < 4.78 is 1.77. The standard InChI is InChI=1S/C18H27N3O/c22-18-12-14-6-1-4-10-17(14)19-21(18)13-16-9-5-11-20(16)15-7-2-3-8-15/h12,15-16H,1-11,13H2. The summed E-state index contributed by atoms with van der Waals surface area (Å²) in [4.78, 5) is 15.1. The van der Waals surface area contributed by atoms with Crippen LogP contribution in [0.1, 0.15) is 62.6 Å². The number of hydrogen-bond acceptors (Lipinski definition) is 3. The third-order valence-corrected chi connectivity index (χ3v) is 5.87. The van der Waals surface area contributed by atoms with Gasteiger partial charge in [0.2, 0.25) is 0 Å². The number of aromatic nitrogens is 2. The van der Waals surface area contributed by atoms with E-state index in [1.165, 1.54) is 69.2 Å². The highest BCUT2D eigenvalue weighted by Gasteiger charge is 2.32. The van der Waals surface area contributed by atoms with Gasteiger partial charge in [0.15, 0.2) is 0 Å². The molecule has 1 atom stereocenters. The van der Waals surface area contributed by atoms with Crippen LogP contribution in [-0.2, 0) is 19.4 Å². The largest absolute Gasteiger partial charge is 0.296 e. The van der Waals surface area contributed by atoms with Crippen molar-refractivity contribution in [1.82, 2.24) is 14.7 Å². The average molecular weight is 301 g/mol. The fourth-order valence-corrected chi connectivity index (χ4v) is 4.70. The Morgan fingerprint density at radius 3 is 2.73 bits per heavy atom. The molecule has 1 saturated carbocycles. The van der Waals surface area contributed by atoms with Crippen molar-refractivity contribution < 1.29 is 0 Å². The molecule has 4 nitrogen and oxygen atoms in total. The van der Waals surface area contributed by atoms with E-state index in [9.17, 15) is 4.79 Å². The van der Waals surface area contributed by atoms with Gasteiger partial charge in [-0.3, -0.25) is 9.69 Å². The number of fused-ring (bicyclic) bond motifs is 1. The molecule has 2 heterocycles. The first-order chi connectivity index (χ1) is 10.8. The lowest BCUT2D eigenvalue weighted by Gasteiger charge is -2.30. The molecule has 3 aliphatic rings. The molecule has 1 aliphatic heterocycles. The molecule has 0 radical (unpaired) electrons. The molecule has 1 aromatic heterocycles. The highest BCUT2D eigenvalue weighted by molar-refractivity contribution is 5.20. The second-order valence-electron chi connectivity index (χ2n) is 7.32. The Bertz CT molecular complexity index is 588. The normalized spacial score (nSPS) is 26.5. The van der Waals surface area contributed by atoms with Gasteiger partial charge >= 0.3 is 0 Å². The van der Waals surface area contributed by atoms with Gasteiger partial charge in [0.1, 0.15) is 0 Å². The molecule has 1 aromatic rings. The van der Waals surface area contributed by atoms with Crippen molar-refractivity contribution in [1.29, 1.82) is 0 Å². The number of nitrogens with zero attached hydrogens (tertiary/aromatic N) is 3. The van der Waals surface area contributed by atoms with E-state index >= 15 is 0 Å². The van der Waals surface area contributed by atoms with Crippen molar-refractivity contribution in [2.45, 2.75) is 82.8 Å². The van der Waals surface area contributed by atoms with Gasteiger partial charge in [-0.05, 0) is 63.5 Å². The predicted molar refractivity (Wildman–Crippen MR) is 87.1 cm³/mol. The molecule has 2 fully saturated rings. The molecule has 0 aromatic carbocycles. The quantitative estimate of drug-likeness (QED) is 0.861. The van der Waals surface area contributed by atoms with Crippen LogP contribution in [0, 0.1) is 0 Å². The van der Waals surface area contributed by atoms with E-state index in [0.717, 1.165) is 25.4 Å². The zero-order valence-electron chi connectivity index (χ0n) is 13.5. The van der Waals surface area contributed by atoms with Gasteiger partial charge in [-0.25, -0.2) is 4.68 Å². The van der Waals surface area contributed by atoms with E-state index in [-0.39, 0.29) is 5.56 Å². The molecular weight excluding hydrogens is 274 g/mol. The predicted octanol–water partition coefficient (Wildman–Crippen LogP) is 2.53. The second-order valence-corrected chi connectivity index (χ2v) is 7.32. The summed E-state index contributed by atoms with van der Waals surface area (Å²) in [6, 6.07) is 3.15. The summed E-state index contributed by atoms with van der Waals surface area (Å²) in [7, 11) is 0. The third-order valence-electron chi connectivity index (χ3n) is 5.87. The number of hydrogen-bond donors (Lipinski definition) is 0. The molecule has 0 N–H and O–H groups in total. The maximum Gasteiger partial charge on any atom is 0.267 e. The SMILES string of the molecule is O=c1cc2c(nn1CC1CCCN1C1CCCC1)CCCC2. The summed E-state index contributed by atoms with van der Waals surface area (Å²) in [5, 5.41) is 4.71. The summed E-state index contributed by atoms with van der Waals surface area (Å²) >= 11 is 0. The van der Waals surface area contributed by atoms with Crippen molar-refractivity contribution in [2.75, 3.05) is 6.54 Å². The molecule has 1 saturated heterocycles. The average Bonchev–Trinajstić information content (AvgIpc) is 3.18. The second kappa shape index (κ2) is 6.15. The Balaban J connectivity index is 1.53. The maximum absolute atomic E-state index is 12.4. The van der Waals surface area contributed by atoms with Gasteiger partial charge in [-0.1, -0.05) is 12.8 Å². The van der Waals surface area contributed by atoms with Gasteiger partial charge in [-0.2, -0.15) is 5.10 Å². The minimum absolute atomic E-state index is 0.110. The van der Waals surface area contributed by atoms with Crippen LogP contribution in [0.5, 0.6) is 0 Å². The van der Waals surface area contributed by atoms with Crippen LogP contribution >= 0.6 is 0 Å². The smallest absolute Gasteiger partial charge is 0.267 e. The Morgan fingerprint density at radius 1 is 1.05 bits per heavy atom. The first kappa shape index (κ1) is 14.4. The monoisotopic (exact) mass is 301 g/mol. The molecule has 0 amide bonds. The molecule has 4 heteroatoms. The first-order valence-corrected chi connectivity index (χ1v) is 9.17.